The average molecular weight is 440 g/mol. The van der Waals surface area contributed by atoms with E-state index >= 15 is 0 Å². The molecule has 0 spiro atoms. The quantitative estimate of drug-likeness (QED) is 0.526. The average Bonchev–Trinajstić information content (AvgIpc) is 3.12. The zero-order chi connectivity index (χ0) is 21.6. The van der Waals surface area contributed by atoms with Crippen molar-refractivity contribution in [2.75, 3.05) is 24.7 Å². The molecule has 1 aromatic carbocycles. The Balaban J connectivity index is 1.44. The first-order valence-corrected chi connectivity index (χ1v) is 12.0. The third-order valence-corrected chi connectivity index (χ3v) is 7.27. The van der Waals surface area contributed by atoms with E-state index in [1.165, 1.54) is 22.8 Å². The topological polar surface area (TPSA) is 88.1 Å². The van der Waals surface area contributed by atoms with Crippen molar-refractivity contribution in [2.45, 2.75) is 25.3 Å². The van der Waals surface area contributed by atoms with Crippen LogP contribution in [-0.2, 0) is 16.4 Å². The molecule has 0 unspecified atom stereocenters. The number of hydrogen-bond donors (Lipinski definition) is 1. The zero-order valence-electron chi connectivity index (χ0n) is 17.0. The van der Waals surface area contributed by atoms with Gasteiger partial charge in [0.25, 0.3) is 0 Å². The number of piperidine rings is 1. The van der Waals surface area contributed by atoms with Crippen LogP contribution in [-0.4, -0.2) is 53.1 Å². The molecule has 2 aromatic heterocycles. The minimum atomic E-state index is -3.16. The van der Waals surface area contributed by atoms with Crippen molar-refractivity contribution in [3.63, 3.8) is 0 Å². The first-order valence-electron chi connectivity index (χ1n) is 10.2. The van der Waals surface area contributed by atoms with E-state index in [2.05, 4.69) is 20.3 Å². The molecule has 0 bridgehead atoms. The smallest absolute Gasteiger partial charge is 0.211 e. The highest BCUT2D eigenvalue weighted by molar-refractivity contribution is 7.88. The van der Waals surface area contributed by atoms with E-state index in [1.807, 2.05) is 18.2 Å². The predicted octanol–water partition coefficient (Wildman–Crippen LogP) is 3.08. The lowest BCUT2D eigenvalue weighted by molar-refractivity contribution is 0.331. The van der Waals surface area contributed by atoms with Crippen LogP contribution < -0.4 is 5.32 Å². The van der Waals surface area contributed by atoms with Crippen molar-refractivity contribution in [1.82, 2.24) is 19.3 Å². The van der Waals surface area contributed by atoms with E-state index in [0.717, 1.165) is 45.7 Å². The Kier molecular flexibility index (Phi) is 4.94. The molecule has 1 fully saturated rings. The molecule has 1 aliphatic heterocycles. The van der Waals surface area contributed by atoms with Crippen LogP contribution in [0.4, 0.5) is 10.2 Å². The standard InChI is InChI=1S/C22H22FN5O2S/c1-31(29,30)28-6-4-18(5-7-28)27-22-21-19-9-14(16-8-17(23)12-24-11-16)2-3-15(19)10-20(21)25-13-26-22/h2-3,8-9,11-13,18H,4-7,10H2,1H3,(H,25,26,27). The monoisotopic (exact) mass is 439 g/mol. The number of aromatic nitrogens is 3. The highest BCUT2D eigenvalue weighted by atomic mass is 32.2. The van der Waals surface area contributed by atoms with Crippen molar-refractivity contribution in [2.24, 2.45) is 0 Å². The second-order valence-electron chi connectivity index (χ2n) is 8.07. The summed E-state index contributed by atoms with van der Waals surface area (Å²) in [5.41, 5.74) is 5.71. The van der Waals surface area contributed by atoms with Gasteiger partial charge in [-0.1, -0.05) is 12.1 Å². The van der Waals surface area contributed by atoms with Crippen LogP contribution in [0.1, 0.15) is 24.1 Å². The molecular weight excluding hydrogens is 417 g/mol. The normalized spacial score (nSPS) is 16.7. The van der Waals surface area contributed by atoms with Crippen LogP contribution >= 0.6 is 0 Å². The van der Waals surface area contributed by atoms with Gasteiger partial charge in [0.1, 0.15) is 18.0 Å². The summed E-state index contributed by atoms with van der Waals surface area (Å²) >= 11 is 0. The summed E-state index contributed by atoms with van der Waals surface area (Å²) in [5, 5.41) is 3.52. The van der Waals surface area contributed by atoms with Crippen molar-refractivity contribution in [3.8, 4) is 22.3 Å². The van der Waals surface area contributed by atoms with Crippen molar-refractivity contribution in [3.05, 3.63) is 60.1 Å². The van der Waals surface area contributed by atoms with Gasteiger partial charge in [0, 0.05) is 42.9 Å². The van der Waals surface area contributed by atoms with Gasteiger partial charge in [0.05, 0.1) is 18.1 Å². The number of nitrogens with zero attached hydrogens (tertiary/aromatic N) is 4. The van der Waals surface area contributed by atoms with Gasteiger partial charge in [-0.15, -0.1) is 0 Å². The molecule has 2 aliphatic rings. The van der Waals surface area contributed by atoms with Crippen molar-refractivity contribution >= 4 is 15.8 Å². The summed E-state index contributed by atoms with van der Waals surface area (Å²) < 4.78 is 38.7. The van der Waals surface area contributed by atoms with E-state index in [9.17, 15) is 12.8 Å². The van der Waals surface area contributed by atoms with E-state index in [4.69, 9.17) is 0 Å². The highest BCUT2D eigenvalue weighted by Crippen LogP contribution is 2.41. The molecule has 160 valence electrons. The van der Waals surface area contributed by atoms with Crippen LogP contribution in [0.15, 0.2) is 43.0 Å². The number of rotatable bonds is 4. The first-order chi connectivity index (χ1) is 14.9. The van der Waals surface area contributed by atoms with Crippen LogP contribution in [0.2, 0.25) is 0 Å². The molecule has 3 aromatic rings. The molecule has 9 heteroatoms. The Morgan fingerprint density at radius 3 is 2.65 bits per heavy atom. The third kappa shape index (κ3) is 3.90. The molecule has 31 heavy (non-hydrogen) atoms. The molecular formula is C22H22FN5O2S. The summed E-state index contributed by atoms with van der Waals surface area (Å²) in [6.45, 7) is 0.994. The van der Waals surface area contributed by atoms with Crippen LogP contribution in [0.5, 0.6) is 0 Å². The van der Waals surface area contributed by atoms with E-state index in [0.29, 0.717) is 25.9 Å². The summed E-state index contributed by atoms with van der Waals surface area (Å²) in [5.74, 6) is 0.389. The summed E-state index contributed by atoms with van der Waals surface area (Å²) in [4.78, 5) is 12.9. The molecule has 3 heterocycles. The minimum absolute atomic E-state index is 0.136. The van der Waals surface area contributed by atoms with Gasteiger partial charge < -0.3 is 5.32 Å². The second-order valence-corrected chi connectivity index (χ2v) is 10.0. The minimum Gasteiger partial charge on any atom is -0.367 e. The Labute approximate surface area is 180 Å². The van der Waals surface area contributed by atoms with Crippen LogP contribution in [0.25, 0.3) is 22.3 Å². The van der Waals surface area contributed by atoms with Crippen molar-refractivity contribution in [1.29, 1.82) is 0 Å². The summed E-state index contributed by atoms with van der Waals surface area (Å²) in [7, 11) is -3.16. The van der Waals surface area contributed by atoms with Crippen LogP contribution in [0.3, 0.4) is 0 Å². The fourth-order valence-electron chi connectivity index (χ4n) is 4.37. The molecule has 1 saturated heterocycles. The fourth-order valence-corrected chi connectivity index (χ4v) is 5.24. The predicted molar refractivity (Wildman–Crippen MR) is 117 cm³/mol. The van der Waals surface area contributed by atoms with Crippen LogP contribution in [0, 0.1) is 5.82 Å². The van der Waals surface area contributed by atoms with E-state index in [-0.39, 0.29) is 11.9 Å². The lowest BCUT2D eigenvalue weighted by Crippen LogP contribution is -2.42. The third-order valence-electron chi connectivity index (χ3n) is 5.96. The molecule has 0 saturated carbocycles. The number of benzene rings is 1. The van der Waals surface area contributed by atoms with Gasteiger partial charge in [-0.05, 0) is 41.7 Å². The van der Waals surface area contributed by atoms with Gasteiger partial charge in [-0.3, -0.25) is 4.98 Å². The Morgan fingerprint density at radius 1 is 1.10 bits per heavy atom. The molecule has 1 N–H and O–H groups in total. The maximum atomic E-state index is 13.7. The number of sulfonamides is 1. The van der Waals surface area contributed by atoms with Gasteiger partial charge in [0.2, 0.25) is 10.0 Å². The Hall–Kier alpha value is -2.91. The molecule has 1 aliphatic carbocycles. The lowest BCUT2D eigenvalue weighted by atomic mass is 9.99. The summed E-state index contributed by atoms with van der Waals surface area (Å²) in [6, 6.07) is 7.67. The number of halogens is 1. The summed E-state index contributed by atoms with van der Waals surface area (Å²) in [6.07, 6.45) is 7.81. The maximum Gasteiger partial charge on any atom is 0.211 e. The van der Waals surface area contributed by atoms with E-state index < -0.39 is 10.0 Å². The van der Waals surface area contributed by atoms with Gasteiger partial charge >= 0.3 is 0 Å². The van der Waals surface area contributed by atoms with Gasteiger partial charge in [0.15, 0.2) is 0 Å². The first kappa shape index (κ1) is 20.0. The van der Waals surface area contributed by atoms with E-state index in [1.54, 1.807) is 12.5 Å². The number of fused-ring (bicyclic) bond motifs is 3. The zero-order valence-corrected chi connectivity index (χ0v) is 17.9. The number of pyridine rings is 1. The lowest BCUT2D eigenvalue weighted by Gasteiger charge is -2.31. The molecule has 0 amide bonds. The largest absolute Gasteiger partial charge is 0.367 e. The number of nitrogens with one attached hydrogen (secondary N) is 1. The Bertz CT molecular complexity index is 1260. The second kappa shape index (κ2) is 7.65. The molecule has 0 atom stereocenters. The molecule has 7 nitrogen and oxygen atoms in total. The molecule has 5 rings (SSSR count). The maximum absolute atomic E-state index is 13.7. The van der Waals surface area contributed by atoms with Gasteiger partial charge in [-0.25, -0.2) is 27.1 Å². The van der Waals surface area contributed by atoms with Crippen molar-refractivity contribution < 1.29 is 12.8 Å². The molecule has 0 radical (unpaired) electrons. The number of anilines is 1. The SMILES string of the molecule is CS(=O)(=O)N1CCC(Nc2ncnc3c2-c2cc(-c4cncc(F)c4)ccc2C3)CC1. The highest BCUT2D eigenvalue weighted by Gasteiger charge is 2.28. The van der Waals surface area contributed by atoms with Gasteiger partial charge in [-0.2, -0.15) is 0 Å². The number of hydrogen-bond acceptors (Lipinski definition) is 6. The Morgan fingerprint density at radius 2 is 1.90 bits per heavy atom. The fraction of sp³-hybridized carbons (Fsp3) is 0.318.